The van der Waals surface area contributed by atoms with Gasteiger partial charge in [0.25, 0.3) is 0 Å². The van der Waals surface area contributed by atoms with E-state index in [0.29, 0.717) is 62.5 Å². The smallest absolute Gasteiger partial charge is 0.410 e. The van der Waals surface area contributed by atoms with Gasteiger partial charge in [-0.3, -0.25) is 0 Å². The summed E-state index contributed by atoms with van der Waals surface area (Å²) in [6.45, 7) is 8.43. The number of carbonyl (C=O) groups excluding carboxylic acids is 1. The Labute approximate surface area is 236 Å². The first kappa shape index (κ1) is 28.1. The average Bonchev–Trinajstić information content (AvgIpc) is 2.83. The highest BCUT2D eigenvalue weighted by molar-refractivity contribution is 6.34. The minimum Gasteiger partial charge on any atom is -0.507 e. The Kier molecular flexibility index (Phi) is 7.39. The van der Waals surface area contributed by atoms with Gasteiger partial charge in [-0.25, -0.2) is 18.6 Å². The molecule has 0 aliphatic carbocycles. The molecule has 214 valence electrons. The minimum absolute atomic E-state index is 0.0232. The fraction of sp³-hybridized carbons (Fsp3) is 0.464. The zero-order chi connectivity index (χ0) is 28.9. The van der Waals surface area contributed by atoms with Gasteiger partial charge < -0.3 is 29.4 Å². The Morgan fingerprint density at radius 1 is 1.07 bits per heavy atom. The van der Waals surface area contributed by atoms with E-state index >= 15 is 4.39 Å². The van der Waals surface area contributed by atoms with Gasteiger partial charge in [0, 0.05) is 56.3 Å². The number of nitrogens with zero attached hydrogens (tertiary/aromatic N) is 6. The van der Waals surface area contributed by atoms with E-state index in [-0.39, 0.29) is 27.8 Å². The Bertz CT molecular complexity index is 1430. The molecular weight excluding hydrogens is 542 g/mol. The van der Waals surface area contributed by atoms with E-state index in [4.69, 9.17) is 21.3 Å². The largest absolute Gasteiger partial charge is 0.507 e. The van der Waals surface area contributed by atoms with Crippen molar-refractivity contribution in [2.75, 3.05) is 63.2 Å². The molecule has 2 fully saturated rings. The molecule has 0 radical (unpaired) electrons. The summed E-state index contributed by atoms with van der Waals surface area (Å²) in [6.07, 6.45) is -0.390. The van der Waals surface area contributed by atoms with Crippen LogP contribution < -0.4 is 9.80 Å². The van der Waals surface area contributed by atoms with E-state index in [1.165, 1.54) is 18.2 Å². The molecule has 0 bridgehead atoms. The molecule has 5 rings (SSSR count). The van der Waals surface area contributed by atoms with Crippen molar-refractivity contribution in [3.8, 4) is 16.9 Å². The number of likely N-dealkylation sites (N-methyl/N-ethyl adjacent to an activating group) is 1. The second-order valence-corrected chi connectivity index (χ2v) is 11.8. The van der Waals surface area contributed by atoms with Crippen molar-refractivity contribution >= 4 is 40.4 Å². The van der Waals surface area contributed by atoms with Gasteiger partial charge in [-0.05, 0) is 53.1 Å². The summed E-state index contributed by atoms with van der Waals surface area (Å²) in [7, 11) is 3.99. The maximum absolute atomic E-state index is 16.3. The van der Waals surface area contributed by atoms with Crippen LogP contribution in [-0.4, -0.2) is 96.0 Å². The Morgan fingerprint density at radius 2 is 1.75 bits per heavy atom. The SMILES string of the molecule is CN(C)C1CN(c2nc(N3CCN(C(=O)OC(C)(C)C)CC3)c3cc(Cl)c(-c4c(O)cccc4F)c(F)c3n2)C1. The molecule has 0 atom stereocenters. The first-order chi connectivity index (χ1) is 18.8. The molecule has 0 saturated carbocycles. The molecule has 1 N–H and O–H groups in total. The lowest BCUT2D eigenvalue weighted by atomic mass is 10.0. The van der Waals surface area contributed by atoms with Crippen LogP contribution in [0.5, 0.6) is 5.75 Å². The monoisotopic (exact) mass is 574 g/mol. The van der Waals surface area contributed by atoms with Crippen molar-refractivity contribution in [2.24, 2.45) is 0 Å². The summed E-state index contributed by atoms with van der Waals surface area (Å²) in [6, 6.07) is 5.57. The third-order valence-corrected chi connectivity index (χ3v) is 7.50. The van der Waals surface area contributed by atoms with Crippen LogP contribution in [0.15, 0.2) is 24.3 Å². The van der Waals surface area contributed by atoms with Gasteiger partial charge in [0.05, 0.1) is 10.6 Å². The van der Waals surface area contributed by atoms with Crippen LogP contribution in [0.25, 0.3) is 22.0 Å². The predicted octanol–water partition coefficient (Wildman–Crippen LogP) is 4.74. The zero-order valence-corrected chi connectivity index (χ0v) is 24.0. The van der Waals surface area contributed by atoms with Crippen LogP contribution in [0.3, 0.4) is 0 Å². The number of phenolic OH excluding ortho intramolecular Hbond substituents is 1. The second kappa shape index (κ2) is 10.5. The number of hydrogen-bond acceptors (Lipinski definition) is 8. The number of aromatic nitrogens is 2. The molecule has 1 amide bonds. The maximum atomic E-state index is 16.3. The lowest BCUT2D eigenvalue weighted by molar-refractivity contribution is 0.0240. The molecule has 3 aromatic rings. The van der Waals surface area contributed by atoms with E-state index in [1.807, 2.05) is 44.7 Å². The lowest BCUT2D eigenvalue weighted by Crippen LogP contribution is -2.58. The second-order valence-electron chi connectivity index (χ2n) is 11.4. The predicted molar refractivity (Wildman–Crippen MR) is 151 cm³/mol. The van der Waals surface area contributed by atoms with Gasteiger partial charge in [0.2, 0.25) is 5.95 Å². The summed E-state index contributed by atoms with van der Waals surface area (Å²) in [5.74, 6) is -1.25. The minimum atomic E-state index is -0.843. The number of benzene rings is 2. The Morgan fingerprint density at radius 3 is 2.35 bits per heavy atom. The van der Waals surface area contributed by atoms with Crippen molar-refractivity contribution in [2.45, 2.75) is 32.4 Å². The van der Waals surface area contributed by atoms with Crippen molar-refractivity contribution < 1.29 is 23.4 Å². The molecule has 1 aromatic heterocycles. The van der Waals surface area contributed by atoms with E-state index in [2.05, 4.69) is 9.88 Å². The van der Waals surface area contributed by atoms with E-state index in [0.717, 1.165) is 6.07 Å². The molecule has 9 nitrogen and oxygen atoms in total. The average molecular weight is 575 g/mol. The number of ether oxygens (including phenoxy) is 1. The summed E-state index contributed by atoms with van der Waals surface area (Å²) >= 11 is 6.54. The molecule has 0 unspecified atom stereocenters. The summed E-state index contributed by atoms with van der Waals surface area (Å²) in [4.78, 5) is 29.6. The quantitative estimate of drug-likeness (QED) is 0.478. The van der Waals surface area contributed by atoms with Crippen LogP contribution in [0, 0.1) is 11.6 Å². The van der Waals surface area contributed by atoms with E-state index in [9.17, 15) is 14.3 Å². The van der Waals surface area contributed by atoms with Gasteiger partial charge in [0.15, 0.2) is 5.82 Å². The number of fused-ring (bicyclic) bond motifs is 1. The third-order valence-electron chi connectivity index (χ3n) is 7.20. The molecule has 2 aromatic carbocycles. The standard InChI is InChI=1S/C28H33ClF2N6O3/c1-28(2,3)40-27(39)36-11-9-35(10-12-36)25-17-13-18(29)21(22-19(30)7-6-8-20(22)38)23(31)24(17)32-26(33-25)37-14-16(15-37)34(4)5/h6-8,13,16,38H,9-12,14-15H2,1-5H3. The van der Waals surface area contributed by atoms with Gasteiger partial charge in [0.1, 0.15) is 28.5 Å². The topological polar surface area (TPSA) is 85.3 Å². The van der Waals surface area contributed by atoms with Crippen molar-refractivity contribution in [3.63, 3.8) is 0 Å². The van der Waals surface area contributed by atoms with Crippen molar-refractivity contribution in [1.82, 2.24) is 19.8 Å². The van der Waals surface area contributed by atoms with Crippen LogP contribution >= 0.6 is 11.6 Å². The van der Waals surface area contributed by atoms with Crippen LogP contribution in [0.1, 0.15) is 20.8 Å². The number of rotatable bonds is 4. The zero-order valence-electron chi connectivity index (χ0n) is 23.2. The summed E-state index contributed by atoms with van der Waals surface area (Å²) < 4.78 is 36.5. The molecule has 2 aliphatic heterocycles. The number of carbonyl (C=O) groups is 1. The molecule has 3 heterocycles. The highest BCUT2D eigenvalue weighted by Crippen LogP contribution is 2.43. The Balaban J connectivity index is 1.56. The normalized spacial score (nSPS) is 16.6. The van der Waals surface area contributed by atoms with Crippen molar-refractivity contribution in [3.05, 3.63) is 40.9 Å². The van der Waals surface area contributed by atoms with Gasteiger partial charge >= 0.3 is 6.09 Å². The van der Waals surface area contributed by atoms with Crippen molar-refractivity contribution in [1.29, 1.82) is 0 Å². The number of aromatic hydroxyl groups is 1. The number of anilines is 2. The first-order valence-corrected chi connectivity index (χ1v) is 13.5. The maximum Gasteiger partial charge on any atom is 0.410 e. The molecule has 0 spiro atoms. The molecule has 2 saturated heterocycles. The summed E-state index contributed by atoms with van der Waals surface area (Å²) in [5, 5.41) is 10.7. The first-order valence-electron chi connectivity index (χ1n) is 13.2. The number of phenols is 1. The van der Waals surface area contributed by atoms with Gasteiger partial charge in [-0.2, -0.15) is 4.98 Å². The van der Waals surface area contributed by atoms with Crippen LogP contribution in [0.4, 0.5) is 25.3 Å². The van der Waals surface area contributed by atoms with Crippen LogP contribution in [0.2, 0.25) is 5.02 Å². The van der Waals surface area contributed by atoms with E-state index in [1.54, 1.807) is 4.90 Å². The number of amides is 1. The lowest BCUT2D eigenvalue weighted by Gasteiger charge is -2.43. The fourth-order valence-electron chi connectivity index (χ4n) is 4.91. The highest BCUT2D eigenvalue weighted by atomic mass is 35.5. The molecule has 40 heavy (non-hydrogen) atoms. The number of piperazine rings is 1. The molecular formula is C28H33ClF2N6O3. The summed E-state index contributed by atoms with van der Waals surface area (Å²) in [5.41, 5.74) is -1.21. The number of hydrogen-bond donors (Lipinski definition) is 1. The molecule has 2 aliphatic rings. The van der Waals surface area contributed by atoms with Crippen LogP contribution in [-0.2, 0) is 4.74 Å². The van der Waals surface area contributed by atoms with E-state index < -0.39 is 23.0 Å². The third kappa shape index (κ3) is 5.32. The highest BCUT2D eigenvalue weighted by Gasteiger charge is 2.33. The van der Waals surface area contributed by atoms with Gasteiger partial charge in [-0.1, -0.05) is 17.7 Å². The van der Waals surface area contributed by atoms with Gasteiger partial charge in [-0.15, -0.1) is 0 Å². The Hall–Kier alpha value is -3.44. The fourth-order valence-corrected chi connectivity index (χ4v) is 5.20. The molecule has 12 heteroatoms. The number of halogens is 3.